The van der Waals surface area contributed by atoms with E-state index in [0.29, 0.717) is 0 Å². The molecule has 0 radical (unpaired) electrons. The van der Waals surface area contributed by atoms with E-state index in [1.54, 1.807) is 24.3 Å². The normalized spacial score (nSPS) is 11.7. The minimum Gasteiger partial charge on any atom is -0.310 e. The van der Waals surface area contributed by atoms with Crippen LogP contribution >= 0.6 is 0 Å². The zero-order valence-corrected chi connectivity index (χ0v) is 33.1. The predicted octanol–water partition coefficient (Wildman–Crippen LogP) is 16.4. The van der Waals surface area contributed by atoms with Gasteiger partial charge in [0, 0.05) is 34.1 Å². The summed E-state index contributed by atoms with van der Waals surface area (Å²) < 4.78 is 30.8. The van der Waals surface area contributed by atoms with E-state index in [0.717, 1.165) is 98.8 Å². The monoisotopic (exact) mass is 776 g/mol. The fourth-order valence-electron chi connectivity index (χ4n) is 9.13. The highest BCUT2D eigenvalue weighted by Gasteiger charge is 2.20. The summed E-state index contributed by atoms with van der Waals surface area (Å²) in [7, 11) is 0. The van der Waals surface area contributed by atoms with E-state index < -0.39 is 0 Å². The zero-order valence-electron chi connectivity index (χ0n) is 33.1. The smallest absolute Gasteiger partial charge is 0.123 e. The molecule has 11 rings (SSSR count). The van der Waals surface area contributed by atoms with Crippen LogP contribution in [0.5, 0.6) is 0 Å². The maximum absolute atomic E-state index is 15.4. The number of halogens is 2. The minimum atomic E-state index is -0.282. The molecular weight excluding hydrogens is 739 g/mol. The van der Waals surface area contributed by atoms with Crippen molar-refractivity contribution in [2.24, 2.45) is 0 Å². The third-order valence-electron chi connectivity index (χ3n) is 12.0. The summed E-state index contributed by atoms with van der Waals surface area (Å²) in [6.07, 6.45) is 0. The Labute approximate surface area is 346 Å². The number of hydrogen-bond acceptors (Lipinski definition) is 2. The van der Waals surface area contributed by atoms with Gasteiger partial charge in [-0.1, -0.05) is 96.1 Å². The van der Waals surface area contributed by atoms with Gasteiger partial charge in [0.15, 0.2) is 0 Å². The number of para-hydroxylation sites is 2. The van der Waals surface area contributed by atoms with Gasteiger partial charge in [0.2, 0.25) is 0 Å². The Kier molecular flexibility index (Phi) is 8.35. The molecule has 0 aliphatic carbocycles. The molecule has 2 nitrogen and oxygen atoms in total. The number of anilines is 6. The highest BCUT2D eigenvalue weighted by Crippen LogP contribution is 2.46. The Hall–Kier alpha value is -7.56. The first kappa shape index (κ1) is 35.6. The summed E-state index contributed by atoms with van der Waals surface area (Å²) in [6.45, 7) is 4.18. The number of benzene rings is 11. The number of nitrogens with zero attached hydrogens (tertiary/aromatic N) is 2. The molecule has 0 saturated carbocycles. The van der Waals surface area contributed by atoms with Crippen LogP contribution in [0.25, 0.3) is 64.6 Å². The number of rotatable bonds is 6. The van der Waals surface area contributed by atoms with Crippen molar-refractivity contribution >= 4 is 98.8 Å². The van der Waals surface area contributed by atoms with E-state index in [-0.39, 0.29) is 11.6 Å². The molecule has 0 heterocycles. The van der Waals surface area contributed by atoms with Gasteiger partial charge < -0.3 is 9.80 Å². The molecule has 60 heavy (non-hydrogen) atoms. The highest BCUT2D eigenvalue weighted by atomic mass is 19.1. The van der Waals surface area contributed by atoms with Crippen LogP contribution < -0.4 is 9.80 Å². The van der Waals surface area contributed by atoms with Crippen LogP contribution in [-0.4, -0.2) is 0 Å². The Bertz CT molecular complexity index is 3220. The first-order chi connectivity index (χ1) is 29.4. The molecule has 0 saturated heterocycles. The molecule has 0 atom stereocenters. The van der Waals surface area contributed by atoms with E-state index in [9.17, 15) is 0 Å². The molecule has 0 unspecified atom stereocenters. The van der Waals surface area contributed by atoms with Crippen molar-refractivity contribution in [2.75, 3.05) is 9.80 Å². The largest absolute Gasteiger partial charge is 0.310 e. The van der Waals surface area contributed by atoms with E-state index in [4.69, 9.17) is 0 Å². The molecule has 0 fully saturated rings. The zero-order chi connectivity index (χ0) is 40.5. The summed E-state index contributed by atoms with van der Waals surface area (Å²) in [4.78, 5) is 4.49. The average Bonchev–Trinajstić information content (AvgIpc) is 3.28. The van der Waals surface area contributed by atoms with Crippen LogP contribution in [0.2, 0.25) is 0 Å². The lowest BCUT2D eigenvalue weighted by molar-refractivity contribution is 0.629. The van der Waals surface area contributed by atoms with Gasteiger partial charge in [-0.05, 0) is 188 Å². The van der Waals surface area contributed by atoms with Crippen molar-refractivity contribution in [3.05, 3.63) is 217 Å². The molecule has 0 spiro atoms. The van der Waals surface area contributed by atoms with Crippen LogP contribution in [0.15, 0.2) is 194 Å². The Balaban J connectivity index is 1.19. The van der Waals surface area contributed by atoms with Crippen LogP contribution in [0.3, 0.4) is 0 Å². The molecule has 0 aromatic heterocycles. The molecule has 11 aromatic carbocycles. The van der Waals surface area contributed by atoms with Gasteiger partial charge in [-0.15, -0.1) is 0 Å². The van der Waals surface area contributed by atoms with E-state index >= 15 is 8.78 Å². The van der Waals surface area contributed by atoms with Gasteiger partial charge in [-0.3, -0.25) is 0 Å². The standard InChI is InChI=1S/C56H38F2N2/c1-35-13-19-41(20-14-35)59(39-9-5-3-6-10-39)43-23-27-47-51(31-43)49-29-37(57)17-25-45(49)53-34-56-48-28-24-44(60(40-11-7-4-8-12-40)42-21-15-36(2)16-22-42)32-52(48)50-30-38(58)18-26-46(50)54(56)33-55(47)53/h3-34H,1-2H3. The highest BCUT2D eigenvalue weighted by molar-refractivity contribution is 6.33. The van der Waals surface area contributed by atoms with Crippen molar-refractivity contribution in [3.63, 3.8) is 0 Å². The molecule has 0 aliphatic heterocycles. The average molecular weight is 777 g/mol. The third kappa shape index (κ3) is 5.91. The molecule has 0 bridgehead atoms. The second kappa shape index (κ2) is 14.1. The SMILES string of the molecule is Cc1ccc(N(c2ccccc2)c2ccc3c(c2)c2cc(F)ccc2c2cc4c5ccc(N(c6ccccc6)c6ccc(C)cc6)cc5c5cc(F)ccc5c4cc32)cc1. The molecule has 11 aromatic rings. The van der Waals surface area contributed by atoms with E-state index in [1.165, 1.54) is 11.1 Å². The first-order valence-electron chi connectivity index (χ1n) is 20.3. The van der Waals surface area contributed by atoms with Gasteiger partial charge in [0.25, 0.3) is 0 Å². The number of aryl methyl sites for hydroxylation is 2. The fraction of sp³-hybridized carbons (Fsp3) is 0.0357. The van der Waals surface area contributed by atoms with Gasteiger partial charge in [-0.2, -0.15) is 0 Å². The summed E-state index contributed by atoms with van der Waals surface area (Å²) >= 11 is 0. The molecule has 0 amide bonds. The van der Waals surface area contributed by atoms with Crippen LogP contribution in [0.1, 0.15) is 11.1 Å². The second-order valence-corrected chi connectivity index (χ2v) is 15.8. The predicted molar refractivity (Wildman–Crippen MR) is 250 cm³/mol. The van der Waals surface area contributed by atoms with Gasteiger partial charge >= 0.3 is 0 Å². The van der Waals surface area contributed by atoms with Crippen molar-refractivity contribution in [2.45, 2.75) is 13.8 Å². The Morgan fingerprint density at radius 3 is 0.900 bits per heavy atom. The maximum Gasteiger partial charge on any atom is 0.123 e. The van der Waals surface area contributed by atoms with Crippen molar-refractivity contribution in [3.8, 4) is 0 Å². The fourth-order valence-corrected chi connectivity index (χ4v) is 9.13. The summed E-state index contributed by atoms with van der Waals surface area (Å²) in [5.74, 6) is -0.564. The molecule has 4 heteroatoms. The quantitative estimate of drug-likeness (QED) is 0.123. The molecule has 0 aliphatic rings. The molecule has 286 valence electrons. The van der Waals surface area contributed by atoms with Crippen molar-refractivity contribution < 1.29 is 8.78 Å². The summed E-state index contributed by atoms with van der Waals surface area (Å²) in [5.41, 5.74) is 8.45. The maximum atomic E-state index is 15.4. The Morgan fingerprint density at radius 2 is 0.533 bits per heavy atom. The van der Waals surface area contributed by atoms with Gasteiger partial charge in [-0.25, -0.2) is 8.78 Å². The van der Waals surface area contributed by atoms with Gasteiger partial charge in [0.1, 0.15) is 11.6 Å². The van der Waals surface area contributed by atoms with E-state index in [1.807, 2.05) is 48.5 Å². The van der Waals surface area contributed by atoms with Gasteiger partial charge in [0.05, 0.1) is 0 Å². The molecule has 0 N–H and O–H groups in total. The lowest BCUT2D eigenvalue weighted by Gasteiger charge is -2.26. The van der Waals surface area contributed by atoms with Crippen molar-refractivity contribution in [1.29, 1.82) is 0 Å². The lowest BCUT2D eigenvalue weighted by atomic mass is 9.88. The Morgan fingerprint density at radius 1 is 0.250 bits per heavy atom. The number of fused-ring (bicyclic) bond motifs is 12. The minimum absolute atomic E-state index is 0.282. The first-order valence-corrected chi connectivity index (χ1v) is 20.3. The van der Waals surface area contributed by atoms with E-state index in [2.05, 4.69) is 145 Å². The van der Waals surface area contributed by atoms with Crippen LogP contribution in [0, 0.1) is 25.5 Å². The number of hydrogen-bond donors (Lipinski definition) is 0. The van der Waals surface area contributed by atoms with Crippen LogP contribution in [-0.2, 0) is 0 Å². The lowest BCUT2D eigenvalue weighted by Crippen LogP contribution is -2.09. The van der Waals surface area contributed by atoms with Crippen LogP contribution in [0.4, 0.5) is 42.9 Å². The summed E-state index contributed by atoms with van der Waals surface area (Å²) in [6, 6.07) is 65.6. The summed E-state index contributed by atoms with van der Waals surface area (Å²) in [5, 5.41) is 11.8. The topological polar surface area (TPSA) is 6.48 Å². The van der Waals surface area contributed by atoms with Crippen molar-refractivity contribution in [1.82, 2.24) is 0 Å². The molecular formula is C56H38F2N2. The third-order valence-corrected chi connectivity index (χ3v) is 12.0. The second-order valence-electron chi connectivity index (χ2n) is 15.8.